The maximum atomic E-state index is 5.91. The molecule has 0 amide bonds. The quantitative estimate of drug-likeness (QED) is 0.322. The second-order valence-corrected chi connectivity index (χ2v) is 9.90. The molecule has 0 radical (unpaired) electrons. The van der Waals surface area contributed by atoms with Crippen LogP contribution in [0.1, 0.15) is 54.1 Å². The van der Waals surface area contributed by atoms with Crippen molar-refractivity contribution in [2.45, 2.75) is 52.8 Å². The van der Waals surface area contributed by atoms with Crippen molar-refractivity contribution >= 4 is 23.0 Å². The molecule has 1 saturated heterocycles. The zero-order valence-electron chi connectivity index (χ0n) is 21.3. The smallest absolute Gasteiger partial charge is 0.174 e. The van der Waals surface area contributed by atoms with Crippen molar-refractivity contribution in [3.63, 3.8) is 0 Å². The lowest BCUT2D eigenvalue weighted by Gasteiger charge is -2.28. The highest BCUT2D eigenvalue weighted by Gasteiger charge is 2.42. The van der Waals surface area contributed by atoms with Crippen LogP contribution in [0.15, 0.2) is 73.1 Å². The van der Waals surface area contributed by atoms with Crippen LogP contribution in [0, 0.1) is 20.8 Å². The van der Waals surface area contributed by atoms with Gasteiger partial charge in [-0.05, 0) is 106 Å². The van der Waals surface area contributed by atoms with E-state index in [9.17, 15) is 0 Å². The Balaban J connectivity index is 1.62. The summed E-state index contributed by atoms with van der Waals surface area (Å²) < 4.78 is 8.08. The fourth-order valence-corrected chi connectivity index (χ4v) is 5.28. The number of pyridine rings is 2. The molecule has 3 aromatic heterocycles. The van der Waals surface area contributed by atoms with E-state index in [2.05, 4.69) is 76.9 Å². The molecule has 5 rings (SSSR count). The van der Waals surface area contributed by atoms with Gasteiger partial charge in [0.15, 0.2) is 5.11 Å². The van der Waals surface area contributed by atoms with Crippen LogP contribution >= 0.6 is 12.2 Å². The van der Waals surface area contributed by atoms with Crippen LogP contribution in [0.25, 0.3) is 5.82 Å². The zero-order chi connectivity index (χ0) is 25.4. The van der Waals surface area contributed by atoms with Gasteiger partial charge in [-0.3, -0.25) is 4.98 Å². The average Bonchev–Trinajstić information content (AvgIpc) is 3.35. The predicted molar refractivity (Wildman–Crippen MR) is 148 cm³/mol. The first-order valence-electron chi connectivity index (χ1n) is 12.2. The van der Waals surface area contributed by atoms with Crippen LogP contribution in [0.5, 0.6) is 5.75 Å². The molecule has 4 aromatic rings. The number of aryl methyl sites for hydroxylation is 2. The normalized spacial score (nSPS) is 17.5. The Morgan fingerprint density at radius 3 is 2.39 bits per heavy atom. The Morgan fingerprint density at radius 2 is 1.75 bits per heavy atom. The van der Waals surface area contributed by atoms with E-state index in [1.807, 2.05) is 50.5 Å². The molecule has 1 aromatic carbocycles. The van der Waals surface area contributed by atoms with Crippen molar-refractivity contribution in [1.29, 1.82) is 0 Å². The maximum Gasteiger partial charge on any atom is 0.174 e. The molecule has 1 aliphatic rings. The van der Waals surface area contributed by atoms with Crippen molar-refractivity contribution < 1.29 is 4.74 Å². The van der Waals surface area contributed by atoms with Crippen molar-refractivity contribution in [2.75, 3.05) is 4.90 Å². The molecular formula is C29H31N5OS. The van der Waals surface area contributed by atoms with Crippen LogP contribution in [-0.4, -0.2) is 25.8 Å². The summed E-state index contributed by atoms with van der Waals surface area (Å²) in [6.45, 7) is 10.4. The molecule has 0 aliphatic carbocycles. The summed E-state index contributed by atoms with van der Waals surface area (Å²) in [5.41, 5.74) is 6.53. The fourth-order valence-electron chi connectivity index (χ4n) is 4.94. The van der Waals surface area contributed by atoms with E-state index >= 15 is 0 Å². The number of benzene rings is 1. The van der Waals surface area contributed by atoms with Gasteiger partial charge in [0.05, 0.1) is 23.9 Å². The Bertz CT molecular complexity index is 1360. The van der Waals surface area contributed by atoms with E-state index in [0.29, 0.717) is 5.11 Å². The molecular weight excluding hydrogens is 466 g/mol. The first kappa shape index (κ1) is 24.0. The monoisotopic (exact) mass is 497 g/mol. The minimum atomic E-state index is -0.106. The molecule has 184 valence electrons. The molecule has 36 heavy (non-hydrogen) atoms. The van der Waals surface area contributed by atoms with Gasteiger partial charge in [0.2, 0.25) is 0 Å². The number of hydrogen-bond acceptors (Lipinski definition) is 4. The SMILES string of the molecule is Cc1ccc(-n2c(C)cc([C@H]3[C@@H](c4ccccn4)NC(=S)N3c3ccc(OC(C)C)cc3)c2C)nc1. The summed E-state index contributed by atoms with van der Waals surface area (Å²) in [4.78, 5) is 11.6. The second kappa shape index (κ2) is 9.74. The Kier molecular flexibility index (Phi) is 6.49. The summed E-state index contributed by atoms with van der Waals surface area (Å²) in [7, 11) is 0. The van der Waals surface area contributed by atoms with Crippen LogP contribution in [0.2, 0.25) is 0 Å². The lowest BCUT2D eigenvalue weighted by atomic mass is 9.96. The van der Waals surface area contributed by atoms with Gasteiger partial charge >= 0.3 is 0 Å². The molecule has 0 spiro atoms. The highest BCUT2D eigenvalue weighted by atomic mass is 32.1. The number of anilines is 1. The number of nitrogens with zero attached hydrogens (tertiary/aromatic N) is 4. The zero-order valence-corrected chi connectivity index (χ0v) is 22.1. The number of thiocarbonyl (C=S) groups is 1. The maximum absolute atomic E-state index is 5.91. The third-order valence-electron chi connectivity index (χ3n) is 6.50. The number of nitrogens with one attached hydrogen (secondary N) is 1. The highest BCUT2D eigenvalue weighted by molar-refractivity contribution is 7.80. The molecule has 2 atom stereocenters. The summed E-state index contributed by atoms with van der Waals surface area (Å²) in [6.07, 6.45) is 3.86. The third kappa shape index (κ3) is 4.46. The molecule has 1 fully saturated rings. The van der Waals surface area contributed by atoms with E-state index in [1.54, 1.807) is 0 Å². The molecule has 6 nitrogen and oxygen atoms in total. The Hall–Kier alpha value is -3.71. The number of aromatic nitrogens is 3. The van der Waals surface area contributed by atoms with Gasteiger partial charge in [-0.15, -0.1) is 0 Å². The summed E-state index contributed by atoms with van der Waals surface area (Å²) in [5.74, 6) is 1.75. The van der Waals surface area contributed by atoms with Crippen LogP contribution < -0.4 is 15.0 Å². The topological polar surface area (TPSA) is 55.2 Å². The average molecular weight is 498 g/mol. The standard InChI is InChI=1S/C29H31N5OS/c1-18(2)35-23-12-10-22(11-13-23)34-28(27(32-29(34)36)25-8-6-7-15-30-25)24-16-20(4)33(21(24)5)26-14-9-19(3)17-31-26/h6-18,27-28H,1-5H3,(H,32,36)/t27-,28+/m1/s1. The van der Waals surface area contributed by atoms with Crippen molar-refractivity contribution in [2.24, 2.45) is 0 Å². The van der Waals surface area contributed by atoms with Gasteiger partial charge in [0.25, 0.3) is 0 Å². The number of ether oxygens (including phenoxy) is 1. The first-order chi connectivity index (χ1) is 17.3. The van der Waals surface area contributed by atoms with Gasteiger partial charge in [0, 0.05) is 29.5 Å². The van der Waals surface area contributed by atoms with Crippen LogP contribution in [-0.2, 0) is 0 Å². The summed E-state index contributed by atoms with van der Waals surface area (Å²) in [6, 6.07) is 20.4. The first-order valence-corrected chi connectivity index (χ1v) is 12.6. The number of rotatable bonds is 6. The largest absolute Gasteiger partial charge is 0.491 e. The predicted octanol–water partition coefficient (Wildman–Crippen LogP) is 6.16. The molecule has 7 heteroatoms. The molecule has 0 unspecified atom stereocenters. The second-order valence-electron chi connectivity index (χ2n) is 9.51. The molecule has 0 bridgehead atoms. The van der Waals surface area contributed by atoms with E-state index in [1.165, 1.54) is 5.56 Å². The lowest BCUT2D eigenvalue weighted by molar-refractivity contribution is 0.242. The van der Waals surface area contributed by atoms with Gasteiger partial charge in [-0.2, -0.15) is 0 Å². The highest BCUT2D eigenvalue weighted by Crippen LogP contribution is 2.43. The Labute approximate surface area is 218 Å². The molecule has 1 aliphatic heterocycles. The number of hydrogen-bond donors (Lipinski definition) is 1. The third-order valence-corrected chi connectivity index (χ3v) is 6.81. The van der Waals surface area contributed by atoms with Gasteiger partial charge in [0.1, 0.15) is 11.6 Å². The van der Waals surface area contributed by atoms with Crippen molar-refractivity contribution in [3.8, 4) is 11.6 Å². The van der Waals surface area contributed by atoms with Gasteiger partial charge < -0.3 is 19.5 Å². The van der Waals surface area contributed by atoms with E-state index in [-0.39, 0.29) is 18.2 Å². The lowest BCUT2D eigenvalue weighted by Crippen LogP contribution is -2.29. The molecule has 4 heterocycles. The van der Waals surface area contributed by atoms with E-state index in [0.717, 1.165) is 39.9 Å². The van der Waals surface area contributed by atoms with Crippen molar-refractivity contribution in [1.82, 2.24) is 19.9 Å². The minimum Gasteiger partial charge on any atom is -0.491 e. The Morgan fingerprint density at radius 1 is 0.972 bits per heavy atom. The summed E-state index contributed by atoms with van der Waals surface area (Å²) >= 11 is 5.91. The summed E-state index contributed by atoms with van der Waals surface area (Å²) in [5, 5.41) is 4.23. The van der Waals surface area contributed by atoms with Crippen molar-refractivity contribution in [3.05, 3.63) is 101 Å². The van der Waals surface area contributed by atoms with E-state index < -0.39 is 0 Å². The van der Waals surface area contributed by atoms with Crippen LogP contribution in [0.4, 0.5) is 5.69 Å². The minimum absolute atomic E-state index is 0.0883. The molecule has 1 N–H and O–H groups in total. The van der Waals surface area contributed by atoms with Gasteiger partial charge in [-0.25, -0.2) is 4.98 Å². The molecule has 0 saturated carbocycles. The fraction of sp³-hybridized carbons (Fsp3) is 0.276. The van der Waals surface area contributed by atoms with Gasteiger partial charge in [-0.1, -0.05) is 12.1 Å². The van der Waals surface area contributed by atoms with Crippen LogP contribution in [0.3, 0.4) is 0 Å². The van der Waals surface area contributed by atoms with E-state index in [4.69, 9.17) is 21.9 Å².